The fourth-order valence-electron chi connectivity index (χ4n) is 2.83. The zero-order valence-corrected chi connectivity index (χ0v) is 16.7. The first-order chi connectivity index (χ1) is 14.6. The van der Waals surface area contributed by atoms with Crippen molar-refractivity contribution >= 4 is 29.2 Å². The van der Waals surface area contributed by atoms with Gasteiger partial charge in [-0.3, -0.25) is 4.79 Å². The summed E-state index contributed by atoms with van der Waals surface area (Å²) in [6, 6.07) is 15.3. The topological polar surface area (TPSA) is 112 Å². The molecule has 0 aliphatic heterocycles. The molecule has 2 aromatic heterocycles. The molecule has 2 aromatic carbocycles. The average molecular weight is 424 g/mol. The van der Waals surface area contributed by atoms with Gasteiger partial charge < -0.3 is 15.6 Å². The second kappa shape index (κ2) is 8.37. The molecule has 4 rings (SSSR count). The molecule has 8 nitrogen and oxygen atoms in total. The Hall–Kier alpha value is -3.66. The van der Waals surface area contributed by atoms with Gasteiger partial charge in [-0.2, -0.15) is 10.1 Å². The summed E-state index contributed by atoms with van der Waals surface area (Å²) in [5, 5.41) is 11.4. The van der Waals surface area contributed by atoms with Crippen molar-refractivity contribution in [1.29, 1.82) is 0 Å². The summed E-state index contributed by atoms with van der Waals surface area (Å²) >= 11 is 1.33. The zero-order chi connectivity index (χ0) is 21.1. The summed E-state index contributed by atoms with van der Waals surface area (Å²) in [5.74, 6) is -0.169. The molecule has 0 radical (unpaired) electrons. The van der Waals surface area contributed by atoms with E-state index in [4.69, 9.17) is 10.3 Å². The summed E-state index contributed by atoms with van der Waals surface area (Å²) in [4.78, 5) is 16.8. The van der Waals surface area contributed by atoms with Gasteiger partial charge >= 0.3 is 0 Å². The van der Waals surface area contributed by atoms with E-state index in [-0.39, 0.29) is 23.9 Å². The van der Waals surface area contributed by atoms with Gasteiger partial charge in [0.1, 0.15) is 28.8 Å². The Bertz CT molecular complexity index is 1190. The van der Waals surface area contributed by atoms with Gasteiger partial charge in [-0.1, -0.05) is 47.6 Å². The maximum Gasteiger partial charge on any atom is 0.264 e. The molecular formula is C20H17FN6O2S. The summed E-state index contributed by atoms with van der Waals surface area (Å²) in [6.07, 6.45) is 1.82. The van der Waals surface area contributed by atoms with E-state index < -0.39 is 11.7 Å². The van der Waals surface area contributed by atoms with Crippen LogP contribution in [0, 0.1) is 5.82 Å². The molecule has 0 aliphatic carbocycles. The first kappa shape index (κ1) is 19.6. The van der Waals surface area contributed by atoms with Crippen LogP contribution in [0.1, 0.15) is 0 Å². The van der Waals surface area contributed by atoms with Crippen LogP contribution in [0.4, 0.5) is 15.9 Å². The molecule has 0 unspecified atom stereocenters. The van der Waals surface area contributed by atoms with Crippen LogP contribution < -0.4 is 11.1 Å². The molecule has 0 fully saturated rings. The predicted molar refractivity (Wildman–Crippen MR) is 112 cm³/mol. The van der Waals surface area contributed by atoms with Crippen molar-refractivity contribution in [2.24, 2.45) is 0 Å². The molecule has 1 amide bonds. The summed E-state index contributed by atoms with van der Waals surface area (Å²) in [5.41, 5.74) is 7.58. The van der Waals surface area contributed by atoms with E-state index in [9.17, 15) is 9.18 Å². The SMILES string of the molecule is CSc1nn(CC(=O)Nc2ccccc2F)c(N)c1-c1nc(-c2ccccc2)no1. The Labute approximate surface area is 175 Å². The van der Waals surface area contributed by atoms with Crippen molar-refractivity contribution in [1.82, 2.24) is 19.9 Å². The van der Waals surface area contributed by atoms with E-state index in [0.717, 1.165) is 5.56 Å². The van der Waals surface area contributed by atoms with E-state index in [2.05, 4.69) is 20.6 Å². The van der Waals surface area contributed by atoms with E-state index in [0.29, 0.717) is 16.4 Å². The molecule has 0 aliphatic rings. The molecular weight excluding hydrogens is 407 g/mol. The Morgan fingerprint density at radius 3 is 2.67 bits per heavy atom. The standard InChI is InChI=1S/C20H17FN6O2S/c1-30-20-16(19-24-18(26-29-19)12-7-3-2-4-8-12)17(22)27(25-20)11-15(28)23-14-10-6-5-9-13(14)21/h2-10H,11,22H2,1H3,(H,23,28). The summed E-state index contributed by atoms with van der Waals surface area (Å²) < 4.78 is 20.5. The minimum Gasteiger partial charge on any atom is -0.383 e. The van der Waals surface area contributed by atoms with Gasteiger partial charge in [-0.25, -0.2) is 9.07 Å². The second-order valence-corrected chi connectivity index (χ2v) is 7.04. The van der Waals surface area contributed by atoms with Crippen LogP contribution in [0.15, 0.2) is 64.1 Å². The van der Waals surface area contributed by atoms with Gasteiger partial charge in [0.15, 0.2) is 0 Å². The highest BCUT2D eigenvalue weighted by molar-refractivity contribution is 7.98. The minimum atomic E-state index is -0.524. The van der Waals surface area contributed by atoms with Crippen molar-refractivity contribution in [3.63, 3.8) is 0 Å². The first-order valence-corrected chi connectivity index (χ1v) is 10.1. The lowest BCUT2D eigenvalue weighted by Gasteiger charge is -2.07. The molecule has 10 heteroatoms. The van der Waals surface area contributed by atoms with Crippen molar-refractivity contribution < 1.29 is 13.7 Å². The van der Waals surface area contributed by atoms with Crippen LogP contribution >= 0.6 is 11.8 Å². The van der Waals surface area contributed by atoms with Crippen LogP contribution in [0.25, 0.3) is 22.8 Å². The number of rotatable bonds is 6. The highest BCUT2D eigenvalue weighted by atomic mass is 32.2. The van der Waals surface area contributed by atoms with Crippen LogP contribution in [0.2, 0.25) is 0 Å². The number of nitrogen functional groups attached to an aromatic ring is 1. The number of carbonyl (C=O) groups is 1. The normalized spacial score (nSPS) is 10.9. The van der Waals surface area contributed by atoms with Gasteiger partial charge in [0.2, 0.25) is 11.7 Å². The Morgan fingerprint density at radius 2 is 1.93 bits per heavy atom. The van der Waals surface area contributed by atoms with Crippen LogP contribution in [0.5, 0.6) is 0 Å². The maximum atomic E-state index is 13.8. The number of nitrogens with zero attached hydrogens (tertiary/aromatic N) is 4. The average Bonchev–Trinajstić information content (AvgIpc) is 3.35. The van der Waals surface area contributed by atoms with Crippen molar-refractivity contribution in [3.05, 3.63) is 60.4 Å². The van der Waals surface area contributed by atoms with Gasteiger partial charge in [0.25, 0.3) is 5.89 Å². The number of thioether (sulfide) groups is 1. The number of aromatic nitrogens is 4. The van der Waals surface area contributed by atoms with Gasteiger partial charge in [0.05, 0.1) is 5.69 Å². The monoisotopic (exact) mass is 424 g/mol. The van der Waals surface area contributed by atoms with Crippen LogP contribution in [0.3, 0.4) is 0 Å². The van der Waals surface area contributed by atoms with E-state index in [1.807, 2.05) is 36.6 Å². The third-order valence-electron chi connectivity index (χ3n) is 4.27. The molecule has 0 bridgehead atoms. The predicted octanol–water partition coefficient (Wildman–Crippen LogP) is 3.68. The van der Waals surface area contributed by atoms with Crippen LogP contribution in [-0.2, 0) is 11.3 Å². The molecule has 4 aromatic rings. The highest BCUT2D eigenvalue weighted by Crippen LogP contribution is 2.34. The molecule has 0 saturated carbocycles. The number of nitrogens with one attached hydrogen (secondary N) is 1. The Balaban J connectivity index is 1.60. The third-order valence-corrected chi connectivity index (χ3v) is 4.94. The lowest BCUT2D eigenvalue weighted by atomic mass is 10.2. The molecule has 0 saturated heterocycles. The quantitative estimate of drug-likeness (QED) is 0.454. The van der Waals surface area contributed by atoms with Crippen molar-refractivity contribution in [2.45, 2.75) is 11.6 Å². The molecule has 152 valence electrons. The molecule has 2 heterocycles. The molecule has 3 N–H and O–H groups in total. The Morgan fingerprint density at radius 1 is 1.20 bits per heavy atom. The van der Waals surface area contributed by atoms with Gasteiger partial charge in [-0.05, 0) is 18.4 Å². The molecule has 0 spiro atoms. The number of hydrogen-bond acceptors (Lipinski definition) is 7. The summed E-state index contributed by atoms with van der Waals surface area (Å²) in [7, 11) is 0. The maximum absolute atomic E-state index is 13.8. The van der Waals surface area contributed by atoms with E-state index >= 15 is 0 Å². The highest BCUT2D eigenvalue weighted by Gasteiger charge is 2.24. The largest absolute Gasteiger partial charge is 0.383 e. The lowest BCUT2D eigenvalue weighted by molar-refractivity contribution is -0.116. The fraction of sp³-hybridized carbons (Fsp3) is 0.100. The second-order valence-electron chi connectivity index (χ2n) is 6.24. The molecule has 0 atom stereocenters. The number of benzene rings is 2. The van der Waals surface area contributed by atoms with E-state index in [1.165, 1.54) is 28.6 Å². The number of carbonyl (C=O) groups excluding carboxylic acids is 1. The van der Waals surface area contributed by atoms with Crippen molar-refractivity contribution in [3.8, 4) is 22.8 Å². The number of halogens is 1. The van der Waals surface area contributed by atoms with Gasteiger partial charge in [-0.15, -0.1) is 11.8 Å². The first-order valence-electron chi connectivity index (χ1n) is 8.91. The minimum absolute atomic E-state index is 0.0861. The molecule has 30 heavy (non-hydrogen) atoms. The number of amides is 1. The third kappa shape index (κ3) is 3.90. The van der Waals surface area contributed by atoms with Gasteiger partial charge in [0, 0.05) is 5.56 Å². The van der Waals surface area contributed by atoms with Crippen LogP contribution in [-0.4, -0.2) is 32.1 Å². The lowest BCUT2D eigenvalue weighted by Crippen LogP contribution is -2.21. The van der Waals surface area contributed by atoms with E-state index in [1.54, 1.807) is 12.1 Å². The number of anilines is 2. The zero-order valence-electron chi connectivity index (χ0n) is 15.9. The Kier molecular flexibility index (Phi) is 5.48. The summed E-state index contributed by atoms with van der Waals surface area (Å²) in [6.45, 7) is -0.201. The fourth-order valence-corrected chi connectivity index (χ4v) is 3.41. The number of hydrogen-bond donors (Lipinski definition) is 2. The number of para-hydroxylation sites is 1. The smallest absolute Gasteiger partial charge is 0.264 e. The van der Waals surface area contributed by atoms with Crippen molar-refractivity contribution in [2.75, 3.05) is 17.3 Å². The number of nitrogens with two attached hydrogens (primary N) is 1.